The number of ketones is 1. The number of para-hydroxylation sites is 2. The standard InChI is InChI=1S/C27H22N2O3/c1-17-12-14-18(15-13-17)25(30)23-24(21-16-28(2)22-11-7-6-10-20(21)22)29(27(32)26(23)31)19-8-4-3-5-9-19/h3-16,24,30H,1-2H3/b25-23+. The molecule has 1 saturated heterocycles. The summed E-state index contributed by atoms with van der Waals surface area (Å²) in [4.78, 5) is 28.0. The van der Waals surface area contributed by atoms with Gasteiger partial charge in [-0.1, -0.05) is 66.2 Å². The molecule has 0 radical (unpaired) electrons. The number of aliphatic hydroxyl groups is 1. The molecule has 32 heavy (non-hydrogen) atoms. The average Bonchev–Trinajstić information content (AvgIpc) is 3.28. The molecule has 1 N–H and O–H groups in total. The second-order valence-corrected chi connectivity index (χ2v) is 8.08. The highest BCUT2D eigenvalue weighted by atomic mass is 16.3. The van der Waals surface area contributed by atoms with Gasteiger partial charge in [0.15, 0.2) is 0 Å². The number of carbonyl (C=O) groups is 2. The summed E-state index contributed by atoms with van der Waals surface area (Å²) >= 11 is 0. The summed E-state index contributed by atoms with van der Waals surface area (Å²) in [5, 5.41) is 12.2. The smallest absolute Gasteiger partial charge is 0.300 e. The third-order valence-electron chi connectivity index (χ3n) is 6.03. The van der Waals surface area contributed by atoms with E-state index in [1.54, 1.807) is 24.3 Å². The lowest BCUT2D eigenvalue weighted by atomic mass is 9.94. The van der Waals surface area contributed by atoms with Crippen LogP contribution in [0.25, 0.3) is 16.7 Å². The van der Waals surface area contributed by atoms with Crippen LogP contribution in [0.3, 0.4) is 0 Å². The molecule has 0 spiro atoms. The summed E-state index contributed by atoms with van der Waals surface area (Å²) in [6.45, 7) is 1.95. The maximum Gasteiger partial charge on any atom is 0.300 e. The van der Waals surface area contributed by atoms with E-state index >= 15 is 0 Å². The second-order valence-electron chi connectivity index (χ2n) is 8.08. The Bertz CT molecular complexity index is 1380. The first-order valence-corrected chi connectivity index (χ1v) is 10.4. The van der Waals surface area contributed by atoms with Crippen LogP contribution >= 0.6 is 0 Å². The number of benzene rings is 3. The van der Waals surface area contributed by atoms with E-state index in [9.17, 15) is 14.7 Å². The predicted molar refractivity (Wildman–Crippen MR) is 125 cm³/mol. The molecular formula is C27H22N2O3. The molecule has 1 amide bonds. The van der Waals surface area contributed by atoms with Gasteiger partial charge in [-0.15, -0.1) is 0 Å². The van der Waals surface area contributed by atoms with Crippen LogP contribution in [0.5, 0.6) is 0 Å². The number of carbonyl (C=O) groups excluding carboxylic acids is 2. The van der Waals surface area contributed by atoms with Gasteiger partial charge in [0.2, 0.25) is 0 Å². The lowest BCUT2D eigenvalue weighted by Gasteiger charge is -2.25. The van der Waals surface area contributed by atoms with E-state index in [1.165, 1.54) is 4.90 Å². The highest BCUT2D eigenvalue weighted by molar-refractivity contribution is 6.51. The Balaban J connectivity index is 1.80. The van der Waals surface area contributed by atoms with Crippen molar-refractivity contribution in [3.63, 3.8) is 0 Å². The number of aryl methyl sites for hydroxylation is 2. The van der Waals surface area contributed by atoms with Crippen molar-refractivity contribution in [1.82, 2.24) is 4.57 Å². The van der Waals surface area contributed by atoms with Crippen LogP contribution in [-0.2, 0) is 16.6 Å². The molecule has 3 aromatic carbocycles. The molecule has 1 atom stereocenters. The summed E-state index contributed by atoms with van der Waals surface area (Å²) in [5.41, 5.74) is 4.02. The number of anilines is 1. The fourth-order valence-corrected chi connectivity index (χ4v) is 4.44. The predicted octanol–water partition coefficient (Wildman–Crippen LogP) is 5.11. The van der Waals surface area contributed by atoms with Crippen molar-refractivity contribution < 1.29 is 14.7 Å². The van der Waals surface area contributed by atoms with Crippen molar-refractivity contribution in [3.8, 4) is 0 Å². The van der Waals surface area contributed by atoms with E-state index in [-0.39, 0.29) is 11.3 Å². The normalized spacial score (nSPS) is 17.9. The summed E-state index contributed by atoms with van der Waals surface area (Å²) in [6, 6.07) is 23.5. The number of hydrogen-bond donors (Lipinski definition) is 1. The van der Waals surface area contributed by atoms with Crippen molar-refractivity contribution in [2.75, 3.05) is 4.90 Å². The molecule has 4 aromatic rings. The number of aromatic nitrogens is 1. The Morgan fingerprint density at radius 3 is 2.25 bits per heavy atom. The van der Waals surface area contributed by atoms with Crippen LogP contribution in [-0.4, -0.2) is 21.4 Å². The van der Waals surface area contributed by atoms with Gasteiger partial charge >= 0.3 is 0 Å². The van der Waals surface area contributed by atoms with E-state index in [0.29, 0.717) is 11.3 Å². The minimum atomic E-state index is -0.746. The molecule has 1 aliphatic rings. The monoisotopic (exact) mass is 422 g/mol. The summed E-state index contributed by atoms with van der Waals surface area (Å²) in [7, 11) is 1.93. The molecule has 1 aliphatic heterocycles. The zero-order valence-corrected chi connectivity index (χ0v) is 17.8. The largest absolute Gasteiger partial charge is 0.507 e. The van der Waals surface area contributed by atoms with Crippen molar-refractivity contribution in [1.29, 1.82) is 0 Å². The molecule has 5 rings (SSSR count). The van der Waals surface area contributed by atoms with Gasteiger partial charge in [-0.2, -0.15) is 0 Å². The summed E-state index contributed by atoms with van der Waals surface area (Å²) in [5.74, 6) is -1.51. The van der Waals surface area contributed by atoms with Crippen molar-refractivity contribution >= 4 is 34.0 Å². The number of fused-ring (bicyclic) bond motifs is 1. The first-order valence-electron chi connectivity index (χ1n) is 10.4. The zero-order valence-electron chi connectivity index (χ0n) is 17.8. The summed E-state index contributed by atoms with van der Waals surface area (Å²) < 4.78 is 1.97. The van der Waals surface area contributed by atoms with Crippen LogP contribution in [0.4, 0.5) is 5.69 Å². The molecule has 0 aliphatic carbocycles. The first kappa shape index (κ1) is 19.8. The molecule has 1 fully saturated rings. The maximum absolute atomic E-state index is 13.3. The van der Waals surface area contributed by atoms with Crippen LogP contribution in [0.15, 0.2) is 90.6 Å². The van der Waals surface area contributed by atoms with Crippen molar-refractivity contribution in [2.24, 2.45) is 7.05 Å². The van der Waals surface area contributed by atoms with Gasteiger partial charge in [0, 0.05) is 41.0 Å². The van der Waals surface area contributed by atoms with Gasteiger partial charge in [-0.25, -0.2) is 0 Å². The highest BCUT2D eigenvalue weighted by Crippen LogP contribution is 2.44. The number of rotatable bonds is 3. The molecule has 0 bridgehead atoms. The zero-order chi connectivity index (χ0) is 22.4. The molecule has 2 heterocycles. The number of Topliss-reactive ketones (excluding diaryl/α,β-unsaturated/α-hetero) is 1. The first-order chi connectivity index (χ1) is 15.5. The summed E-state index contributed by atoms with van der Waals surface area (Å²) in [6.07, 6.45) is 1.93. The van der Waals surface area contributed by atoms with E-state index in [2.05, 4.69) is 0 Å². The molecule has 5 nitrogen and oxygen atoms in total. The topological polar surface area (TPSA) is 62.5 Å². The van der Waals surface area contributed by atoms with Crippen LogP contribution in [0.1, 0.15) is 22.7 Å². The fraction of sp³-hybridized carbons (Fsp3) is 0.111. The molecular weight excluding hydrogens is 400 g/mol. The third kappa shape index (κ3) is 3.02. The van der Waals surface area contributed by atoms with Crippen LogP contribution < -0.4 is 4.90 Å². The molecule has 158 valence electrons. The Morgan fingerprint density at radius 2 is 1.53 bits per heavy atom. The number of amides is 1. The van der Waals surface area contributed by atoms with Crippen molar-refractivity contribution in [2.45, 2.75) is 13.0 Å². The third-order valence-corrected chi connectivity index (χ3v) is 6.03. The highest BCUT2D eigenvalue weighted by Gasteiger charge is 2.47. The van der Waals surface area contributed by atoms with Gasteiger partial charge in [0.25, 0.3) is 11.7 Å². The van der Waals surface area contributed by atoms with E-state index in [1.807, 2.05) is 79.3 Å². The van der Waals surface area contributed by atoms with E-state index in [4.69, 9.17) is 0 Å². The second kappa shape index (κ2) is 7.54. The minimum Gasteiger partial charge on any atom is -0.507 e. The lowest BCUT2D eigenvalue weighted by molar-refractivity contribution is -0.132. The Hall–Kier alpha value is -4.12. The Morgan fingerprint density at radius 1 is 0.875 bits per heavy atom. The molecule has 1 aromatic heterocycles. The lowest BCUT2D eigenvalue weighted by Crippen LogP contribution is -2.29. The molecule has 5 heteroatoms. The van der Waals surface area contributed by atoms with E-state index in [0.717, 1.165) is 22.0 Å². The van der Waals surface area contributed by atoms with E-state index < -0.39 is 17.7 Å². The Kier molecular flexibility index (Phi) is 4.67. The van der Waals surface area contributed by atoms with Gasteiger partial charge in [0.05, 0.1) is 11.6 Å². The van der Waals surface area contributed by atoms with Gasteiger partial charge < -0.3 is 9.67 Å². The molecule has 0 saturated carbocycles. The quantitative estimate of drug-likeness (QED) is 0.283. The Labute approximate surface area is 185 Å². The SMILES string of the molecule is Cc1ccc(/C(O)=C2\C(=O)C(=O)N(c3ccccc3)C2c2cn(C)c3ccccc23)cc1. The fourth-order valence-electron chi connectivity index (χ4n) is 4.44. The number of hydrogen-bond acceptors (Lipinski definition) is 3. The van der Waals surface area contributed by atoms with Gasteiger partial charge in [-0.05, 0) is 25.1 Å². The van der Waals surface area contributed by atoms with Gasteiger partial charge in [0.1, 0.15) is 5.76 Å². The van der Waals surface area contributed by atoms with Crippen LogP contribution in [0, 0.1) is 6.92 Å². The number of nitrogens with zero attached hydrogens (tertiary/aromatic N) is 2. The maximum atomic E-state index is 13.3. The van der Waals surface area contributed by atoms with Crippen LogP contribution in [0.2, 0.25) is 0 Å². The minimum absolute atomic E-state index is 0.0964. The van der Waals surface area contributed by atoms with Gasteiger partial charge in [-0.3, -0.25) is 14.5 Å². The van der Waals surface area contributed by atoms with Crippen molar-refractivity contribution in [3.05, 3.63) is 107 Å². The molecule has 1 unspecified atom stereocenters. The average molecular weight is 422 g/mol. The number of aliphatic hydroxyl groups excluding tert-OH is 1.